The molecule has 1 aliphatic rings. The van der Waals surface area contributed by atoms with E-state index in [1.807, 2.05) is 0 Å². The van der Waals surface area contributed by atoms with E-state index in [1.165, 1.54) is 51.9 Å². The van der Waals surface area contributed by atoms with Gasteiger partial charge in [-0.15, -0.1) is 0 Å². The van der Waals surface area contributed by atoms with E-state index in [1.54, 1.807) is 0 Å². The van der Waals surface area contributed by atoms with E-state index in [-0.39, 0.29) is 0 Å². The molecule has 1 heterocycles. The first-order valence-electron chi connectivity index (χ1n) is 7.95. The van der Waals surface area contributed by atoms with Crippen molar-refractivity contribution in [3.63, 3.8) is 0 Å². The van der Waals surface area contributed by atoms with Crippen LogP contribution < -0.4 is 0 Å². The third-order valence-electron chi connectivity index (χ3n) is 5.85. The fourth-order valence-corrected chi connectivity index (χ4v) is 3.18. The molecule has 0 amide bonds. The Morgan fingerprint density at radius 3 is 1.00 bits per heavy atom. The van der Waals surface area contributed by atoms with Gasteiger partial charge in [-0.05, 0) is 39.5 Å². The summed E-state index contributed by atoms with van der Waals surface area (Å²) in [4.78, 5) is 5.44. The van der Waals surface area contributed by atoms with Gasteiger partial charge < -0.3 is 0 Å². The van der Waals surface area contributed by atoms with Crippen molar-refractivity contribution in [2.75, 3.05) is 26.2 Å². The van der Waals surface area contributed by atoms with Gasteiger partial charge >= 0.3 is 0 Å². The van der Waals surface area contributed by atoms with Gasteiger partial charge in [0.25, 0.3) is 0 Å². The van der Waals surface area contributed by atoms with Crippen molar-refractivity contribution in [2.24, 2.45) is 0 Å². The first-order valence-corrected chi connectivity index (χ1v) is 7.95. The largest absolute Gasteiger partial charge is 0.295 e. The van der Waals surface area contributed by atoms with Gasteiger partial charge in [-0.1, -0.05) is 27.7 Å². The summed E-state index contributed by atoms with van der Waals surface area (Å²) in [6, 6.07) is 0. The monoisotopic (exact) mass is 254 g/mol. The van der Waals surface area contributed by atoms with Crippen LogP contribution >= 0.6 is 0 Å². The zero-order valence-corrected chi connectivity index (χ0v) is 13.6. The lowest BCUT2D eigenvalue weighted by Crippen LogP contribution is -2.60. The Morgan fingerprint density at radius 1 is 0.611 bits per heavy atom. The third-order valence-corrected chi connectivity index (χ3v) is 5.85. The molecule has 1 fully saturated rings. The van der Waals surface area contributed by atoms with Crippen LogP contribution in [0.4, 0.5) is 0 Å². The molecule has 108 valence electrons. The normalized spacial score (nSPS) is 20.3. The number of hydrogen-bond donors (Lipinski definition) is 0. The van der Waals surface area contributed by atoms with Crippen molar-refractivity contribution in [3.05, 3.63) is 0 Å². The molecule has 1 aliphatic heterocycles. The van der Waals surface area contributed by atoms with Crippen molar-refractivity contribution in [1.29, 1.82) is 0 Å². The van der Waals surface area contributed by atoms with Crippen LogP contribution in [0.25, 0.3) is 0 Å². The molecule has 0 aliphatic carbocycles. The first-order chi connectivity index (χ1) is 8.45. The topological polar surface area (TPSA) is 6.48 Å². The molecule has 0 spiro atoms. The molecule has 1 rings (SSSR count). The maximum atomic E-state index is 2.72. The maximum Gasteiger partial charge on any atom is 0.0177 e. The average molecular weight is 254 g/mol. The van der Waals surface area contributed by atoms with E-state index in [4.69, 9.17) is 0 Å². The van der Waals surface area contributed by atoms with E-state index < -0.39 is 0 Å². The molecule has 0 aromatic heterocycles. The summed E-state index contributed by atoms with van der Waals surface area (Å²) in [5, 5.41) is 0. The average Bonchev–Trinajstić information content (AvgIpc) is 2.45. The smallest absolute Gasteiger partial charge is 0.0177 e. The first kappa shape index (κ1) is 16.0. The molecule has 0 atom stereocenters. The zero-order valence-electron chi connectivity index (χ0n) is 13.6. The van der Waals surface area contributed by atoms with Gasteiger partial charge in [0.2, 0.25) is 0 Å². The van der Waals surface area contributed by atoms with Gasteiger partial charge in [0.05, 0.1) is 0 Å². The highest BCUT2D eigenvalue weighted by atomic mass is 15.3. The minimum atomic E-state index is 0.418. The summed E-state index contributed by atoms with van der Waals surface area (Å²) >= 11 is 0. The van der Waals surface area contributed by atoms with Crippen LogP contribution in [0.3, 0.4) is 0 Å². The summed E-state index contributed by atoms with van der Waals surface area (Å²) in [5.74, 6) is 0. The highest BCUT2D eigenvalue weighted by Crippen LogP contribution is 2.29. The highest BCUT2D eigenvalue weighted by molar-refractivity contribution is 4.92. The molecule has 0 aromatic carbocycles. The van der Waals surface area contributed by atoms with E-state index in [9.17, 15) is 0 Å². The van der Waals surface area contributed by atoms with Gasteiger partial charge in [-0.2, -0.15) is 0 Å². The second-order valence-corrected chi connectivity index (χ2v) is 6.38. The lowest BCUT2D eigenvalue weighted by molar-refractivity contribution is -0.00904. The molecule has 0 N–H and O–H groups in total. The summed E-state index contributed by atoms with van der Waals surface area (Å²) in [6.45, 7) is 19.2. The Hall–Kier alpha value is -0.0800. The van der Waals surface area contributed by atoms with Gasteiger partial charge in [-0.3, -0.25) is 9.80 Å². The number of rotatable bonds is 6. The van der Waals surface area contributed by atoms with Gasteiger partial charge in [0, 0.05) is 37.3 Å². The minimum absolute atomic E-state index is 0.418. The standard InChI is InChI=1S/C16H34N2/c1-7-15(5,8-2)17-11-13-18(14-12-17)16(6,9-3)10-4/h7-14H2,1-6H3. The SMILES string of the molecule is CCC(C)(CC)N1CCN(C(C)(CC)CC)CC1. The molecular formula is C16H34N2. The molecule has 0 radical (unpaired) electrons. The molecule has 18 heavy (non-hydrogen) atoms. The summed E-state index contributed by atoms with van der Waals surface area (Å²) < 4.78 is 0. The Morgan fingerprint density at radius 2 is 0.833 bits per heavy atom. The lowest BCUT2D eigenvalue weighted by Gasteiger charge is -2.50. The van der Waals surface area contributed by atoms with E-state index >= 15 is 0 Å². The van der Waals surface area contributed by atoms with Crippen LogP contribution in [-0.2, 0) is 0 Å². The summed E-state index contributed by atoms with van der Waals surface area (Å²) in [7, 11) is 0. The van der Waals surface area contributed by atoms with Crippen molar-refractivity contribution in [1.82, 2.24) is 9.80 Å². The Kier molecular flexibility index (Phi) is 5.67. The van der Waals surface area contributed by atoms with Crippen LogP contribution in [0.1, 0.15) is 67.2 Å². The van der Waals surface area contributed by atoms with Gasteiger partial charge in [0.1, 0.15) is 0 Å². The molecule has 1 saturated heterocycles. The molecule has 2 nitrogen and oxygen atoms in total. The maximum absolute atomic E-state index is 2.72. The predicted molar refractivity (Wildman–Crippen MR) is 81.1 cm³/mol. The third kappa shape index (κ3) is 3.08. The van der Waals surface area contributed by atoms with Crippen molar-refractivity contribution >= 4 is 0 Å². The summed E-state index contributed by atoms with van der Waals surface area (Å²) in [5.41, 5.74) is 0.835. The fourth-order valence-electron chi connectivity index (χ4n) is 3.18. The lowest BCUT2D eigenvalue weighted by atomic mass is 9.89. The van der Waals surface area contributed by atoms with Gasteiger partial charge in [-0.25, -0.2) is 0 Å². The Labute approximate surface area is 115 Å². The predicted octanol–water partition coefficient (Wildman–Crippen LogP) is 3.76. The zero-order chi connectivity index (χ0) is 13.8. The second-order valence-electron chi connectivity index (χ2n) is 6.38. The van der Waals surface area contributed by atoms with E-state index in [0.29, 0.717) is 11.1 Å². The van der Waals surface area contributed by atoms with E-state index in [0.717, 1.165) is 0 Å². The number of nitrogens with zero attached hydrogens (tertiary/aromatic N) is 2. The second kappa shape index (κ2) is 6.38. The number of piperazine rings is 1. The van der Waals surface area contributed by atoms with Gasteiger partial charge in [0.15, 0.2) is 0 Å². The van der Waals surface area contributed by atoms with Crippen molar-refractivity contribution in [3.8, 4) is 0 Å². The molecule has 0 aromatic rings. The molecule has 2 heteroatoms. The van der Waals surface area contributed by atoms with Crippen LogP contribution in [-0.4, -0.2) is 47.1 Å². The fraction of sp³-hybridized carbons (Fsp3) is 1.00. The minimum Gasteiger partial charge on any atom is -0.295 e. The Balaban J connectivity index is 2.61. The molecular weight excluding hydrogens is 220 g/mol. The highest BCUT2D eigenvalue weighted by Gasteiger charge is 2.35. The van der Waals surface area contributed by atoms with Crippen molar-refractivity contribution < 1.29 is 0 Å². The molecule has 0 unspecified atom stereocenters. The number of hydrogen-bond acceptors (Lipinski definition) is 2. The van der Waals surface area contributed by atoms with Crippen LogP contribution in [0.2, 0.25) is 0 Å². The Bertz CT molecular complexity index is 207. The quantitative estimate of drug-likeness (QED) is 0.712. The van der Waals surface area contributed by atoms with Crippen molar-refractivity contribution in [2.45, 2.75) is 78.3 Å². The summed E-state index contributed by atoms with van der Waals surface area (Å²) in [6.07, 6.45) is 5.06. The van der Waals surface area contributed by atoms with Crippen LogP contribution in [0.5, 0.6) is 0 Å². The molecule has 0 saturated carbocycles. The van der Waals surface area contributed by atoms with Crippen LogP contribution in [0.15, 0.2) is 0 Å². The molecule has 0 bridgehead atoms. The van der Waals surface area contributed by atoms with Crippen LogP contribution in [0, 0.1) is 0 Å². The van der Waals surface area contributed by atoms with E-state index in [2.05, 4.69) is 51.3 Å².